The minimum absolute atomic E-state index is 0.0394. The second-order valence-corrected chi connectivity index (χ2v) is 6.03. The van der Waals surface area contributed by atoms with Gasteiger partial charge in [0.2, 0.25) is 0 Å². The van der Waals surface area contributed by atoms with Crippen molar-refractivity contribution in [1.82, 2.24) is 0 Å². The van der Waals surface area contributed by atoms with Gasteiger partial charge in [0.25, 0.3) is 0 Å². The normalized spacial score (nSPS) is 14.0. The molecule has 0 fully saturated rings. The third-order valence-corrected chi connectivity index (χ3v) is 4.11. The molecule has 0 aliphatic heterocycles. The first-order valence-corrected chi connectivity index (χ1v) is 8.86. The summed E-state index contributed by atoms with van der Waals surface area (Å²) in [6.45, 7) is 9.34. The van der Waals surface area contributed by atoms with E-state index in [-0.39, 0.29) is 11.9 Å². The quantitative estimate of drug-likeness (QED) is 0.318. The first-order valence-electron chi connectivity index (χ1n) is 8.86. The van der Waals surface area contributed by atoms with Crippen molar-refractivity contribution in [3.05, 3.63) is 0 Å². The number of rotatable bonds is 13. The third kappa shape index (κ3) is 9.39. The summed E-state index contributed by atoms with van der Waals surface area (Å²) in [6.07, 6.45) is 11.6. The van der Waals surface area contributed by atoms with Crippen molar-refractivity contribution >= 4 is 5.97 Å². The van der Waals surface area contributed by atoms with Crippen molar-refractivity contribution in [1.29, 1.82) is 0 Å². The summed E-state index contributed by atoms with van der Waals surface area (Å²) in [5, 5.41) is 0. The van der Waals surface area contributed by atoms with Gasteiger partial charge in [-0.1, -0.05) is 66.2 Å². The van der Waals surface area contributed by atoms with Gasteiger partial charge in [0.15, 0.2) is 0 Å². The molecule has 2 heteroatoms. The summed E-state index contributed by atoms with van der Waals surface area (Å²) < 4.78 is 5.60. The van der Waals surface area contributed by atoms with E-state index in [0.717, 1.165) is 25.7 Å². The fraction of sp³-hybridized carbons (Fsp3) is 0.944. The molecule has 2 unspecified atom stereocenters. The lowest BCUT2D eigenvalue weighted by Crippen LogP contribution is -2.21. The molecule has 2 atom stereocenters. The van der Waals surface area contributed by atoms with Crippen LogP contribution in [0, 0.1) is 11.8 Å². The van der Waals surface area contributed by atoms with E-state index in [9.17, 15) is 4.79 Å². The van der Waals surface area contributed by atoms with Crippen LogP contribution in [0.2, 0.25) is 0 Å². The van der Waals surface area contributed by atoms with Crippen molar-refractivity contribution in [2.45, 2.75) is 91.9 Å². The molecule has 20 heavy (non-hydrogen) atoms. The molecule has 0 N–H and O–H groups in total. The molecule has 0 amide bonds. The number of esters is 1. The van der Waals surface area contributed by atoms with Gasteiger partial charge in [-0.05, 0) is 31.6 Å². The van der Waals surface area contributed by atoms with Crippen molar-refractivity contribution in [2.75, 3.05) is 6.61 Å². The molecule has 120 valence electrons. The van der Waals surface area contributed by atoms with E-state index >= 15 is 0 Å². The number of carbonyl (C=O) groups excluding carboxylic acids is 1. The predicted molar refractivity (Wildman–Crippen MR) is 86.8 cm³/mol. The van der Waals surface area contributed by atoms with Gasteiger partial charge >= 0.3 is 5.97 Å². The highest BCUT2D eigenvalue weighted by Crippen LogP contribution is 2.19. The van der Waals surface area contributed by atoms with E-state index in [0.29, 0.717) is 12.5 Å². The zero-order chi connectivity index (χ0) is 15.2. The number of carbonyl (C=O) groups is 1. The molecular formula is C18H36O2. The fourth-order valence-corrected chi connectivity index (χ4v) is 2.66. The van der Waals surface area contributed by atoms with E-state index in [1.54, 1.807) is 0 Å². The van der Waals surface area contributed by atoms with Crippen LogP contribution in [-0.4, -0.2) is 12.6 Å². The van der Waals surface area contributed by atoms with Crippen molar-refractivity contribution in [3.8, 4) is 0 Å². The van der Waals surface area contributed by atoms with E-state index in [1.165, 1.54) is 38.5 Å². The zero-order valence-electron chi connectivity index (χ0n) is 14.2. The minimum Gasteiger partial charge on any atom is -0.465 e. The summed E-state index contributed by atoms with van der Waals surface area (Å²) in [7, 11) is 0. The average Bonchev–Trinajstić information content (AvgIpc) is 2.45. The molecule has 0 aromatic heterocycles. The number of hydrogen-bond donors (Lipinski definition) is 0. The fourth-order valence-electron chi connectivity index (χ4n) is 2.66. The zero-order valence-corrected chi connectivity index (χ0v) is 14.2. The highest BCUT2D eigenvalue weighted by molar-refractivity contribution is 5.72. The van der Waals surface area contributed by atoms with E-state index < -0.39 is 0 Å². The predicted octanol–water partition coefficient (Wildman–Crippen LogP) is 5.74. The van der Waals surface area contributed by atoms with Crippen LogP contribution in [0.1, 0.15) is 91.9 Å². The Hall–Kier alpha value is -0.530. The number of hydrogen-bond acceptors (Lipinski definition) is 2. The van der Waals surface area contributed by atoms with Crippen LogP contribution in [-0.2, 0) is 9.53 Å². The van der Waals surface area contributed by atoms with Crippen molar-refractivity contribution in [2.24, 2.45) is 11.8 Å². The maximum absolute atomic E-state index is 12.1. The highest BCUT2D eigenvalue weighted by atomic mass is 16.5. The topological polar surface area (TPSA) is 26.3 Å². The number of ether oxygens (including phenoxy) is 1. The second-order valence-electron chi connectivity index (χ2n) is 6.03. The molecule has 0 aliphatic rings. The van der Waals surface area contributed by atoms with Crippen LogP contribution in [0.15, 0.2) is 0 Å². The summed E-state index contributed by atoms with van der Waals surface area (Å²) in [5.41, 5.74) is 0. The summed E-state index contributed by atoms with van der Waals surface area (Å²) in [4.78, 5) is 12.1. The second kappa shape index (κ2) is 13.5. The monoisotopic (exact) mass is 284 g/mol. The average molecular weight is 284 g/mol. The Labute approximate surface area is 126 Å². The van der Waals surface area contributed by atoms with Gasteiger partial charge in [-0.15, -0.1) is 0 Å². The van der Waals surface area contributed by atoms with Gasteiger partial charge in [-0.25, -0.2) is 0 Å². The molecule has 0 saturated heterocycles. The molecule has 0 heterocycles. The van der Waals surface area contributed by atoms with Gasteiger partial charge in [0.1, 0.15) is 0 Å². The van der Waals surface area contributed by atoms with E-state index in [2.05, 4.69) is 27.7 Å². The highest BCUT2D eigenvalue weighted by Gasteiger charge is 2.19. The molecule has 0 radical (unpaired) electrons. The summed E-state index contributed by atoms with van der Waals surface area (Å²) in [6, 6.07) is 0. The van der Waals surface area contributed by atoms with Crippen LogP contribution in [0.3, 0.4) is 0 Å². The Bertz CT molecular complexity index is 225. The molecule has 0 aromatic rings. The molecule has 0 spiro atoms. The van der Waals surface area contributed by atoms with Crippen LogP contribution in [0.5, 0.6) is 0 Å². The van der Waals surface area contributed by atoms with Crippen LogP contribution >= 0.6 is 0 Å². The Balaban J connectivity index is 4.06. The van der Waals surface area contributed by atoms with Crippen LogP contribution in [0.4, 0.5) is 0 Å². The van der Waals surface area contributed by atoms with Gasteiger partial charge in [-0.3, -0.25) is 4.79 Å². The lowest BCUT2D eigenvalue weighted by atomic mass is 9.97. The Kier molecular flexibility index (Phi) is 13.1. The van der Waals surface area contributed by atoms with Crippen LogP contribution in [0.25, 0.3) is 0 Å². The summed E-state index contributed by atoms with van der Waals surface area (Å²) in [5.74, 6) is 0.726. The first-order chi connectivity index (χ1) is 9.69. The Morgan fingerprint density at radius 2 is 1.55 bits per heavy atom. The smallest absolute Gasteiger partial charge is 0.308 e. The third-order valence-electron chi connectivity index (χ3n) is 4.11. The lowest BCUT2D eigenvalue weighted by Gasteiger charge is -2.19. The van der Waals surface area contributed by atoms with Crippen LogP contribution < -0.4 is 0 Å². The standard InChI is InChI=1S/C18H36O2/c1-5-9-11-13-16(12-7-3)15-20-18(19)17(8-4)14-10-6-2/h16-17H,5-15H2,1-4H3. The molecule has 0 bridgehead atoms. The molecule has 0 saturated carbocycles. The van der Waals surface area contributed by atoms with E-state index in [4.69, 9.17) is 4.74 Å². The molecule has 0 aliphatic carbocycles. The SMILES string of the molecule is CCCCCC(CCC)COC(=O)C(CC)CCCC. The first kappa shape index (κ1) is 19.5. The maximum Gasteiger partial charge on any atom is 0.308 e. The molecular weight excluding hydrogens is 248 g/mol. The van der Waals surface area contributed by atoms with Crippen molar-refractivity contribution < 1.29 is 9.53 Å². The summed E-state index contributed by atoms with van der Waals surface area (Å²) >= 11 is 0. The Morgan fingerprint density at radius 3 is 2.10 bits per heavy atom. The molecule has 2 nitrogen and oxygen atoms in total. The minimum atomic E-state index is 0.0394. The lowest BCUT2D eigenvalue weighted by molar-refractivity contribution is -0.150. The molecule has 0 rings (SSSR count). The largest absolute Gasteiger partial charge is 0.465 e. The van der Waals surface area contributed by atoms with Gasteiger partial charge in [0, 0.05) is 0 Å². The molecule has 0 aromatic carbocycles. The van der Waals surface area contributed by atoms with Gasteiger partial charge < -0.3 is 4.74 Å². The van der Waals surface area contributed by atoms with Gasteiger partial charge in [0.05, 0.1) is 12.5 Å². The van der Waals surface area contributed by atoms with Crippen molar-refractivity contribution in [3.63, 3.8) is 0 Å². The maximum atomic E-state index is 12.1. The Morgan fingerprint density at radius 1 is 0.850 bits per heavy atom. The van der Waals surface area contributed by atoms with Gasteiger partial charge in [-0.2, -0.15) is 0 Å². The number of unbranched alkanes of at least 4 members (excludes halogenated alkanes) is 3. The van der Waals surface area contributed by atoms with E-state index in [1.807, 2.05) is 0 Å².